The standard InChI is InChI=1S/C19H30N2O2/c1-16-8-4-5-9-17(16)19(10-6-3-7-11-19)18(22)21-13-12-20-14-15-23-2/h4-5,8-9,20H,3,6-7,10-15H2,1-2H3,(H,21,22). The monoisotopic (exact) mass is 318 g/mol. The van der Waals surface area contributed by atoms with Gasteiger partial charge in [0, 0.05) is 26.7 Å². The molecule has 1 aliphatic carbocycles. The average Bonchev–Trinajstić information content (AvgIpc) is 2.59. The molecule has 0 saturated heterocycles. The number of benzene rings is 1. The third-order valence-corrected chi connectivity index (χ3v) is 4.87. The van der Waals surface area contributed by atoms with Gasteiger partial charge in [0.1, 0.15) is 0 Å². The topological polar surface area (TPSA) is 50.4 Å². The van der Waals surface area contributed by atoms with Gasteiger partial charge in [-0.25, -0.2) is 0 Å². The van der Waals surface area contributed by atoms with E-state index in [1.807, 2.05) is 6.07 Å². The lowest BCUT2D eigenvalue weighted by molar-refractivity contribution is -0.128. The van der Waals surface area contributed by atoms with E-state index in [0.717, 1.165) is 38.8 Å². The molecule has 1 aliphatic rings. The molecule has 23 heavy (non-hydrogen) atoms. The molecule has 2 rings (SSSR count). The Morgan fingerprint density at radius 2 is 1.87 bits per heavy atom. The maximum atomic E-state index is 13.0. The molecule has 0 spiro atoms. The van der Waals surface area contributed by atoms with Crippen molar-refractivity contribution in [1.82, 2.24) is 10.6 Å². The predicted octanol–water partition coefficient (Wildman–Crippen LogP) is 2.55. The van der Waals surface area contributed by atoms with Crippen molar-refractivity contribution >= 4 is 5.91 Å². The molecule has 1 amide bonds. The predicted molar refractivity (Wildman–Crippen MR) is 93.7 cm³/mol. The highest BCUT2D eigenvalue weighted by Gasteiger charge is 2.41. The van der Waals surface area contributed by atoms with Crippen molar-refractivity contribution in [2.24, 2.45) is 0 Å². The minimum atomic E-state index is -0.337. The molecule has 1 fully saturated rings. The van der Waals surface area contributed by atoms with Crippen LogP contribution in [0.3, 0.4) is 0 Å². The van der Waals surface area contributed by atoms with E-state index in [0.29, 0.717) is 13.2 Å². The molecule has 0 aliphatic heterocycles. The summed E-state index contributed by atoms with van der Waals surface area (Å²) >= 11 is 0. The van der Waals surface area contributed by atoms with E-state index in [-0.39, 0.29) is 11.3 Å². The Bertz CT molecular complexity index is 496. The van der Waals surface area contributed by atoms with Gasteiger partial charge in [0.15, 0.2) is 0 Å². The van der Waals surface area contributed by atoms with Gasteiger partial charge < -0.3 is 15.4 Å². The van der Waals surface area contributed by atoms with E-state index >= 15 is 0 Å². The quantitative estimate of drug-likeness (QED) is 0.724. The number of hydrogen-bond donors (Lipinski definition) is 2. The van der Waals surface area contributed by atoms with Crippen LogP contribution in [0.4, 0.5) is 0 Å². The SMILES string of the molecule is COCCNCCNC(=O)C1(c2ccccc2C)CCCCC1. The zero-order valence-electron chi connectivity index (χ0n) is 14.5. The fourth-order valence-corrected chi connectivity index (χ4v) is 3.62. The Morgan fingerprint density at radius 1 is 1.13 bits per heavy atom. The number of hydrogen-bond acceptors (Lipinski definition) is 3. The Balaban J connectivity index is 2.01. The molecule has 1 aromatic rings. The summed E-state index contributed by atoms with van der Waals surface area (Å²) in [7, 11) is 1.69. The van der Waals surface area contributed by atoms with Crippen LogP contribution in [0.25, 0.3) is 0 Å². The average molecular weight is 318 g/mol. The van der Waals surface area contributed by atoms with Crippen LogP contribution in [0.1, 0.15) is 43.2 Å². The first kappa shape index (κ1) is 18.0. The van der Waals surface area contributed by atoms with Crippen LogP contribution in [-0.2, 0) is 14.9 Å². The lowest BCUT2D eigenvalue weighted by Gasteiger charge is -2.37. The Labute approximate surface area is 140 Å². The second-order valence-electron chi connectivity index (χ2n) is 6.46. The second-order valence-corrected chi connectivity index (χ2v) is 6.46. The van der Waals surface area contributed by atoms with Crippen LogP contribution in [0.15, 0.2) is 24.3 Å². The molecule has 4 heteroatoms. The van der Waals surface area contributed by atoms with Crippen molar-refractivity contribution in [1.29, 1.82) is 0 Å². The smallest absolute Gasteiger partial charge is 0.230 e. The Morgan fingerprint density at radius 3 is 2.57 bits per heavy atom. The molecular weight excluding hydrogens is 288 g/mol. The van der Waals surface area contributed by atoms with Crippen molar-refractivity contribution in [3.05, 3.63) is 35.4 Å². The third-order valence-electron chi connectivity index (χ3n) is 4.87. The number of nitrogens with one attached hydrogen (secondary N) is 2. The van der Waals surface area contributed by atoms with E-state index in [1.54, 1.807) is 7.11 Å². The molecule has 4 nitrogen and oxygen atoms in total. The zero-order valence-corrected chi connectivity index (χ0v) is 14.5. The van der Waals surface area contributed by atoms with Crippen LogP contribution in [0.5, 0.6) is 0 Å². The molecule has 0 radical (unpaired) electrons. The van der Waals surface area contributed by atoms with Crippen molar-refractivity contribution in [2.75, 3.05) is 33.4 Å². The van der Waals surface area contributed by atoms with Crippen LogP contribution >= 0.6 is 0 Å². The first-order chi connectivity index (χ1) is 11.2. The first-order valence-electron chi connectivity index (χ1n) is 8.75. The summed E-state index contributed by atoms with van der Waals surface area (Å²) in [5, 5.41) is 6.42. The molecule has 1 saturated carbocycles. The summed E-state index contributed by atoms with van der Waals surface area (Å²) in [4.78, 5) is 13.0. The highest BCUT2D eigenvalue weighted by molar-refractivity contribution is 5.88. The van der Waals surface area contributed by atoms with Gasteiger partial charge in [-0.2, -0.15) is 0 Å². The van der Waals surface area contributed by atoms with Gasteiger partial charge >= 0.3 is 0 Å². The van der Waals surface area contributed by atoms with Gasteiger partial charge in [0.2, 0.25) is 5.91 Å². The van der Waals surface area contributed by atoms with Crippen LogP contribution < -0.4 is 10.6 Å². The maximum Gasteiger partial charge on any atom is 0.230 e. The second kappa shape index (κ2) is 9.04. The number of rotatable bonds is 8. The molecule has 128 valence electrons. The molecule has 0 heterocycles. The molecular formula is C19H30N2O2. The van der Waals surface area contributed by atoms with Gasteiger partial charge in [-0.1, -0.05) is 43.5 Å². The van der Waals surface area contributed by atoms with Crippen molar-refractivity contribution in [3.63, 3.8) is 0 Å². The molecule has 0 bridgehead atoms. The molecule has 2 N–H and O–H groups in total. The molecule has 1 aromatic carbocycles. The van der Waals surface area contributed by atoms with E-state index < -0.39 is 0 Å². The number of amides is 1. The third kappa shape index (κ3) is 4.55. The van der Waals surface area contributed by atoms with Crippen molar-refractivity contribution in [2.45, 2.75) is 44.4 Å². The Hall–Kier alpha value is -1.39. The summed E-state index contributed by atoms with van der Waals surface area (Å²) in [5.41, 5.74) is 2.10. The lowest BCUT2D eigenvalue weighted by Crippen LogP contribution is -2.47. The van der Waals surface area contributed by atoms with E-state index in [1.165, 1.54) is 17.5 Å². The van der Waals surface area contributed by atoms with Gasteiger partial charge in [0.05, 0.1) is 12.0 Å². The van der Waals surface area contributed by atoms with Crippen LogP contribution in [0.2, 0.25) is 0 Å². The fraction of sp³-hybridized carbons (Fsp3) is 0.632. The Kier molecular flexibility index (Phi) is 7.06. The number of aryl methyl sites for hydroxylation is 1. The minimum Gasteiger partial charge on any atom is -0.383 e. The summed E-state index contributed by atoms with van der Waals surface area (Å²) in [6.07, 6.45) is 5.42. The molecule has 0 aromatic heterocycles. The summed E-state index contributed by atoms with van der Waals surface area (Å²) < 4.78 is 5.00. The number of ether oxygens (including phenoxy) is 1. The minimum absolute atomic E-state index is 0.194. The number of carbonyl (C=O) groups excluding carboxylic acids is 1. The van der Waals surface area contributed by atoms with E-state index in [9.17, 15) is 4.79 Å². The molecule has 0 atom stereocenters. The number of methoxy groups -OCH3 is 1. The van der Waals surface area contributed by atoms with Gasteiger partial charge in [0.25, 0.3) is 0 Å². The summed E-state index contributed by atoms with van der Waals surface area (Å²) in [5.74, 6) is 0.194. The summed E-state index contributed by atoms with van der Waals surface area (Å²) in [6.45, 7) is 5.07. The first-order valence-corrected chi connectivity index (χ1v) is 8.75. The van der Waals surface area contributed by atoms with Gasteiger partial charge in [-0.3, -0.25) is 4.79 Å². The van der Waals surface area contributed by atoms with Crippen molar-refractivity contribution in [3.8, 4) is 0 Å². The zero-order chi connectivity index (χ0) is 16.5. The van der Waals surface area contributed by atoms with Gasteiger partial charge in [-0.05, 0) is 30.9 Å². The highest BCUT2D eigenvalue weighted by Crippen LogP contribution is 2.41. The normalized spacial score (nSPS) is 17.0. The summed E-state index contributed by atoms with van der Waals surface area (Å²) in [6, 6.07) is 8.35. The largest absolute Gasteiger partial charge is 0.383 e. The lowest BCUT2D eigenvalue weighted by atomic mass is 9.67. The van der Waals surface area contributed by atoms with Crippen LogP contribution in [-0.4, -0.2) is 39.3 Å². The van der Waals surface area contributed by atoms with Crippen molar-refractivity contribution < 1.29 is 9.53 Å². The van der Waals surface area contributed by atoms with E-state index in [2.05, 4.69) is 35.8 Å². The molecule has 0 unspecified atom stereocenters. The van der Waals surface area contributed by atoms with Crippen LogP contribution in [0, 0.1) is 6.92 Å². The van der Waals surface area contributed by atoms with E-state index in [4.69, 9.17) is 4.74 Å². The fourth-order valence-electron chi connectivity index (χ4n) is 3.62. The van der Waals surface area contributed by atoms with Gasteiger partial charge in [-0.15, -0.1) is 0 Å². The maximum absolute atomic E-state index is 13.0. The highest BCUT2D eigenvalue weighted by atomic mass is 16.5. The number of carbonyl (C=O) groups is 1.